The lowest BCUT2D eigenvalue weighted by molar-refractivity contribution is 0.0532. The lowest BCUT2D eigenvalue weighted by atomic mass is 9.90. The van der Waals surface area contributed by atoms with Crippen LogP contribution < -0.4 is 10.6 Å². The zero-order chi connectivity index (χ0) is 27.4. The van der Waals surface area contributed by atoms with Gasteiger partial charge in [0.05, 0.1) is 12.2 Å². The molecule has 2 aromatic rings. The number of amides is 1. The molecule has 0 atom stereocenters. The normalized spacial score (nSPS) is 13.6. The van der Waals surface area contributed by atoms with Gasteiger partial charge in [0.1, 0.15) is 5.60 Å². The average molecular weight is 525 g/mol. The molecule has 1 aromatic heterocycles. The average Bonchev–Trinajstić information content (AvgIpc) is 3.28. The Bertz CT molecular complexity index is 1100. The summed E-state index contributed by atoms with van der Waals surface area (Å²) in [7, 11) is 1.78. The fourth-order valence-electron chi connectivity index (χ4n) is 3.29. The number of hydrogen-bond donors (Lipinski definition) is 2. The molecule has 202 valence electrons. The Morgan fingerprint density at radius 3 is 2.51 bits per heavy atom. The van der Waals surface area contributed by atoms with E-state index in [1.807, 2.05) is 40.0 Å². The minimum Gasteiger partial charge on any atom is -0.444 e. The van der Waals surface area contributed by atoms with Crippen LogP contribution in [0.15, 0.2) is 52.0 Å². The molecule has 0 aliphatic heterocycles. The lowest BCUT2D eigenvalue weighted by Gasteiger charge is -2.24. The van der Waals surface area contributed by atoms with Crippen LogP contribution in [0.2, 0.25) is 0 Å². The summed E-state index contributed by atoms with van der Waals surface area (Å²) < 4.78 is 5.36. The summed E-state index contributed by atoms with van der Waals surface area (Å²) in [6, 6.07) is 8.31. The van der Waals surface area contributed by atoms with Gasteiger partial charge in [-0.2, -0.15) is 0 Å². The lowest BCUT2D eigenvalue weighted by Crippen LogP contribution is -2.35. The standard InChI is InChI=1S/C25H32N4O2S.C5H12/c1-6-17(14-26-5)19-11-8-12-20(13-19)22-16-32-23(29-22)28-21(18-9-7-10-18)15-27-24(30)31-25(2,3)4;1-4-5(2)3/h6,8,11-14,16H,7,9-10,15H2,1-5H3,(H,27,30)(H,28,29);5H,4H2,1-3H3/b17-6+,26-14?;. The quantitative estimate of drug-likeness (QED) is 0.340. The minimum atomic E-state index is -0.518. The molecular weight excluding hydrogens is 480 g/mol. The second-order valence-corrected chi connectivity index (χ2v) is 11.3. The van der Waals surface area contributed by atoms with E-state index in [0.717, 1.165) is 52.0 Å². The zero-order valence-electron chi connectivity index (χ0n) is 23.8. The summed E-state index contributed by atoms with van der Waals surface area (Å²) in [6.07, 6.45) is 8.07. The molecule has 1 heterocycles. The van der Waals surface area contributed by atoms with Gasteiger partial charge in [0.2, 0.25) is 0 Å². The van der Waals surface area contributed by atoms with Crippen molar-refractivity contribution in [3.8, 4) is 11.3 Å². The molecule has 0 spiro atoms. The topological polar surface area (TPSA) is 75.6 Å². The van der Waals surface area contributed by atoms with E-state index in [-0.39, 0.29) is 0 Å². The van der Waals surface area contributed by atoms with Crippen LogP contribution in [0.5, 0.6) is 0 Å². The van der Waals surface area contributed by atoms with Gasteiger partial charge in [-0.3, -0.25) is 4.99 Å². The molecule has 1 saturated carbocycles. The van der Waals surface area contributed by atoms with Crippen molar-refractivity contribution in [2.24, 2.45) is 10.9 Å². The van der Waals surface area contributed by atoms with Crippen molar-refractivity contribution in [3.05, 3.63) is 52.6 Å². The van der Waals surface area contributed by atoms with Crippen molar-refractivity contribution in [3.63, 3.8) is 0 Å². The molecule has 0 saturated heterocycles. The molecule has 1 aliphatic rings. The molecule has 2 N–H and O–H groups in total. The van der Waals surface area contributed by atoms with Crippen LogP contribution in [-0.4, -0.2) is 36.5 Å². The number of alkyl carbamates (subject to hydrolysis) is 1. The smallest absolute Gasteiger partial charge is 0.407 e. The fraction of sp³-hybridized carbons (Fsp3) is 0.500. The Hall–Kier alpha value is -2.93. The third-order valence-electron chi connectivity index (χ3n) is 5.84. The second-order valence-electron chi connectivity index (χ2n) is 10.5. The number of aromatic nitrogens is 1. The Labute approximate surface area is 227 Å². The number of ether oxygens (including phenoxy) is 1. The first-order valence-corrected chi connectivity index (χ1v) is 14.0. The molecule has 0 unspecified atom stereocenters. The molecule has 3 rings (SSSR count). The first-order valence-electron chi connectivity index (χ1n) is 13.2. The number of hydrogen-bond acceptors (Lipinski definition) is 6. The number of rotatable bonds is 8. The highest BCUT2D eigenvalue weighted by Gasteiger charge is 2.19. The van der Waals surface area contributed by atoms with Crippen LogP contribution in [0.25, 0.3) is 16.8 Å². The molecular formula is C30H44N4O2S. The van der Waals surface area contributed by atoms with E-state index in [2.05, 4.69) is 66.1 Å². The predicted molar refractivity (Wildman–Crippen MR) is 159 cm³/mol. The zero-order valence-corrected chi connectivity index (χ0v) is 24.6. The maximum Gasteiger partial charge on any atom is 0.407 e. The predicted octanol–water partition coefficient (Wildman–Crippen LogP) is 8.34. The summed E-state index contributed by atoms with van der Waals surface area (Å²) in [5, 5.41) is 9.17. The van der Waals surface area contributed by atoms with Crippen molar-refractivity contribution in [2.75, 3.05) is 18.9 Å². The van der Waals surface area contributed by atoms with E-state index in [1.165, 1.54) is 18.4 Å². The number of aliphatic imine (C=N–C) groups is 1. The molecule has 1 amide bonds. The first kappa shape index (κ1) is 30.3. The summed E-state index contributed by atoms with van der Waals surface area (Å²) in [6.45, 7) is 14.6. The third kappa shape index (κ3) is 10.5. The van der Waals surface area contributed by atoms with Crippen LogP contribution in [0.1, 0.15) is 79.7 Å². The number of nitrogens with one attached hydrogen (secondary N) is 2. The van der Waals surface area contributed by atoms with Crippen LogP contribution in [0.4, 0.5) is 9.93 Å². The summed E-state index contributed by atoms with van der Waals surface area (Å²) in [5.74, 6) is 0.884. The summed E-state index contributed by atoms with van der Waals surface area (Å²) in [5.41, 5.74) is 5.98. The maximum absolute atomic E-state index is 12.1. The van der Waals surface area contributed by atoms with Gasteiger partial charge in [-0.1, -0.05) is 51.5 Å². The van der Waals surface area contributed by atoms with Crippen LogP contribution >= 0.6 is 11.3 Å². The number of carbonyl (C=O) groups excluding carboxylic acids is 1. The van der Waals surface area contributed by atoms with Gasteiger partial charge in [0, 0.05) is 29.9 Å². The van der Waals surface area contributed by atoms with Crippen molar-refractivity contribution in [2.45, 2.75) is 79.8 Å². The van der Waals surface area contributed by atoms with Gasteiger partial charge in [0.25, 0.3) is 0 Å². The van der Waals surface area contributed by atoms with Crippen LogP contribution in [-0.2, 0) is 4.74 Å². The number of benzene rings is 1. The molecule has 1 aromatic carbocycles. The van der Waals surface area contributed by atoms with Crippen molar-refractivity contribution in [1.29, 1.82) is 0 Å². The SMILES string of the molecule is C/C=C(\C=NC)c1cccc(-c2csc(NC(CNC(=O)OC(C)(C)C)=C3CCC3)n2)c1.CCC(C)C. The van der Waals surface area contributed by atoms with E-state index in [1.54, 1.807) is 18.4 Å². The van der Waals surface area contributed by atoms with Gasteiger partial charge in [-0.25, -0.2) is 9.78 Å². The van der Waals surface area contributed by atoms with Crippen molar-refractivity contribution >= 4 is 34.3 Å². The first-order chi connectivity index (χ1) is 17.6. The van der Waals surface area contributed by atoms with Crippen molar-refractivity contribution in [1.82, 2.24) is 10.3 Å². The highest BCUT2D eigenvalue weighted by molar-refractivity contribution is 7.14. The van der Waals surface area contributed by atoms with Crippen LogP contribution in [0, 0.1) is 5.92 Å². The van der Waals surface area contributed by atoms with Crippen molar-refractivity contribution < 1.29 is 9.53 Å². The fourth-order valence-corrected chi connectivity index (χ4v) is 4.04. The Balaban J connectivity index is 0.000000877. The van der Waals surface area contributed by atoms with E-state index in [4.69, 9.17) is 9.72 Å². The molecule has 7 heteroatoms. The third-order valence-corrected chi connectivity index (χ3v) is 6.60. The molecule has 6 nitrogen and oxygen atoms in total. The Morgan fingerprint density at radius 1 is 1.27 bits per heavy atom. The summed E-state index contributed by atoms with van der Waals surface area (Å²) >= 11 is 1.56. The van der Waals surface area contributed by atoms with Gasteiger partial charge in [0.15, 0.2) is 5.13 Å². The Kier molecular flexibility index (Phi) is 12.1. The number of nitrogens with zero attached hydrogens (tertiary/aromatic N) is 2. The van der Waals surface area contributed by atoms with Gasteiger partial charge >= 0.3 is 6.09 Å². The number of thiazole rings is 1. The molecule has 1 aliphatic carbocycles. The van der Waals surface area contributed by atoms with Crippen LogP contribution in [0.3, 0.4) is 0 Å². The largest absolute Gasteiger partial charge is 0.444 e. The molecule has 37 heavy (non-hydrogen) atoms. The van der Waals surface area contributed by atoms with Gasteiger partial charge in [-0.15, -0.1) is 11.3 Å². The number of allylic oxidation sites excluding steroid dienone is 3. The minimum absolute atomic E-state index is 0.398. The van der Waals surface area contributed by atoms with E-state index in [0.29, 0.717) is 6.54 Å². The van der Waals surface area contributed by atoms with Gasteiger partial charge in [-0.05, 0) is 75.7 Å². The Morgan fingerprint density at radius 2 is 1.97 bits per heavy atom. The number of carbonyl (C=O) groups is 1. The molecule has 0 radical (unpaired) electrons. The van der Waals surface area contributed by atoms with E-state index < -0.39 is 11.7 Å². The number of anilines is 1. The maximum atomic E-state index is 12.1. The van der Waals surface area contributed by atoms with E-state index in [9.17, 15) is 4.79 Å². The highest BCUT2D eigenvalue weighted by atomic mass is 32.1. The van der Waals surface area contributed by atoms with Gasteiger partial charge < -0.3 is 15.4 Å². The molecule has 0 bridgehead atoms. The second kappa shape index (κ2) is 14.7. The van der Waals surface area contributed by atoms with E-state index >= 15 is 0 Å². The highest BCUT2D eigenvalue weighted by Crippen LogP contribution is 2.32. The molecule has 1 fully saturated rings. The monoisotopic (exact) mass is 524 g/mol. The summed E-state index contributed by atoms with van der Waals surface area (Å²) in [4.78, 5) is 21.0.